The maximum Gasteiger partial charge on any atom is 0.327 e. The smallest absolute Gasteiger partial charge is 0.327 e. The zero-order valence-corrected chi connectivity index (χ0v) is 16.9. The number of thiol groups is 1. The van der Waals surface area contributed by atoms with Gasteiger partial charge in [0.2, 0.25) is 17.7 Å². The third kappa shape index (κ3) is 9.55. The highest BCUT2D eigenvalue weighted by Crippen LogP contribution is 2.03. The molecular weight excluding hydrogens is 392 g/mol. The van der Waals surface area contributed by atoms with Crippen molar-refractivity contribution in [3.8, 4) is 0 Å². The second-order valence-corrected chi connectivity index (χ2v) is 7.07. The Bertz CT molecular complexity index is 600. The van der Waals surface area contributed by atoms with Gasteiger partial charge in [0.05, 0.1) is 12.5 Å². The molecule has 4 unspecified atom stereocenters. The molecule has 0 rings (SSSR count). The first-order chi connectivity index (χ1) is 12.9. The summed E-state index contributed by atoms with van der Waals surface area (Å²) in [7, 11) is 0. The summed E-state index contributed by atoms with van der Waals surface area (Å²) in [6.45, 7) is 5.11. The van der Waals surface area contributed by atoms with E-state index < -0.39 is 60.2 Å². The van der Waals surface area contributed by atoms with Crippen LogP contribution >= 0.6 is 12.6 Å². The zero-order chi connectivity index (χ0) is 22.0. The van der Waals surface area contributed by atoms with E-state index in [-0.39, 0.29) is 11.7 Å². The molecular formula is C16H28N4O7S. The van der Waals surface area contributed by atoms with Gasteiger partial charge in [-0.15, -0.1) is 0 Å². The number of aliphatic carboxylic acids is 2. The summed E-state index contributed by atoms with van der Waals surface area (Å²) in [4.78, 5) is 58.3. The van der Waals surface area contributed by atoms with Crippen LogP contribution in [0, 0.1) is 5.92 Å². The van der Waals surface area contributed by atoms with Gasteiger partial charge in [0.25, 0.3) is 0 Å². The minimum Gasteiger partial charge on any atom is -0.481 e. The lowest BCUT2D eigenvalue weighted by molar-refractivity contribution is -0.143. The van der Waals surface area contributed by atoms with Gasteiger partial charge in [0, 0.05) is 5.75 Å². The number of amides is 3. The highest BCUT2D eigenvalue weighted by Gasteiger charge is 2.29. The van der Waals surface area contributed by atoms with Crippen molar-refractivity contribution in [1.29, 1.82) is 0 Å². The minimum absolute atomic E-state index is 0.169. The largest absolute Gasteiger partial charge is 0.481 e. The summed E-state index contributed by atoms with van der Waals surface area (Å²) in [5.41, 5.74) is 5.73. The fourth-order valence-corrected chi connectivity index (χ4v) is 2.39. The van der Waals surface area contributed by atoms with Crippen LogP contribution in [0.2, 0.25) is 0 Å². The van der Waals surface area contributed by atoms with Crippen molar-refractivity contribution in [2.24, 2.45) is 11.7 Å². The zero-order valence-electron chi connectivity index (χ0n) is 16.0. The minimum atomic E-state index is -1.53. The van der Waals surface area contributed by atoms with Crippen molar-refractivity contribution in [2.75, 3.05) is 5.75 Å². The summed E-state index contributed by atoms with van der Waals surface area (Å²) in [6, 6.07) is -4.79. The lowest BCUT2D eigenvalue weighted by atomic mass is 10.0. The first-order valence-electron chi connectivity index (χ1n) is 8.61. The van der Waals surface area contributed by atoms with E-state index in [0.717, 1.165) is 0 Å². The van der Waals surface area contributed by atoms with E-state index in [0.29, 0.717) is 6.42 Å². The maximum atomic E-state index is 12.2. The van der Waals surface area contributed by atoms with E-state index in [1.54, 1.807) is 0 Å². The fraction of sp³-hybridized carbons (Fsp3) is 0.688. The molecule has 7 N–H and O–H groups in total. The summed E-state index contributed by atoms with van der Waals surface area (Å²) in [6.07, 6.45) is -0.367. The molecule has 0 aromatic heterocycles. The fourth-order valence-electron chi connectivity index (χ4n) is 2.14. The Labute approximate surface area is 168 Å². The van der Waals surface area contributed by atoms with Gasteiger partial charge in [0.15, 0.2) is 0 Å². The van der Waals surface area contributed by atoms with Crippen molar-refractivity contribution >= 4 is 42.3 Å². The number of carboxylic acids is 2. The van der Waals surface area contributed by atoms with E-state index in [1.807, 2.05) is 13.8 Å². The SMILES string of the molecule is CC(C)CC(N)C(=O)NC(C)C(=O)NC(CC(=O)O)C(=O)NC(CS)C(=O)O. The van der Waals surface area contributed by atoms with Crippen LogP contribution in [0.5, 0.6) is 0 Å². The Hall–Kier alpha value is -2.34. The summed E-state index contributed by atoms with van der Waals surface area (Å²) >= 11 is 3.79. The Morgan fingerprint density at radius 1 is 0.893 bits per heavy atom. The maximum absolute atomic E-state index is 12.2. The van der Waals surface area contributed by atoms with Gasteiger partial charge >= 0.3 is 11.9 Å². The Morgan fingerprint density at radius 3 is 1.86 bits per heavy atom. The first kappa shape index (κ1) is 25.7. The van der Waals surface area contributed by atoms with E-state index >= 15 is 0 Å². The number of nitrogens with two attached hydrogens (primary N) is 1. The van der Waals surface area contributed by atoms with Gasteiger partial charge in [-0.25, -0.2) is 4.79 Å². The third-order valence-electron chi connectivity index (χ3n) is 3.62. The molecule has 0 radical (unpaired) electrons. The van der Waals surface area contributed by atoms with E-state index in [1.165, 1.54) is 6.92 Å². The predicted molar refractivity (Wildman–Crippen MR) is 103 cm³/mol. The molecule has 0 aliphatic rings. The normalized spacial score (nSPS) is 15.1. The van der Waals surface area contributed by atoms with Gasteiger partial charge in [0.1, 0.15) is 18.1 Å². The number of carbonyl (C=O) groups is 5. The molecule has 0 fully saturated rings. The predicted octanol–water partition coefficient (Wildman–Crippen LogP) is -1.68. The lowest BCUT2D eigenvalue weighted by Crippen LogP contribution is -2.57. The molecule has 160 valence electrons. The molecule has 3 amide bonds. The van der Waals surface area contributed by atoms with Crippen LogP contribution in [0.15, 0.2) is 0 Å². The topological polar surface area (TPSA) is 188 Å². The van der Waals surface area contributed by atoms with Crippen LogP contribution in [-0.2, 0) is 24.0 Å². The molecule has 0 saturated heterocycles. The molecule has 0 aliphatic heterocycles. The molecule has 0 heterocycles. The Balaban J connectivity index is 5.00. The van der Waals surface area contributed by atoms with Gasteiger partial charge < -0.3 is 31.9 Å². The van der Waals surface area contributed by atoms with Gasteiger partial charge in [-0.3, -0.25) is 19.2 Å². The number of carboxylic acid groups (broad SMARTS) is 2. The highest BCUT2D eigenvalue weighted by molar-refractivity contribution is 7.80. The summed E-state index contributed by atoms with van der Waals surface area (Å²) < 4.78 is 0. The van der Waals surface area contributed by atoms with Crippen molar-refractivity contribution < 1.29 is 34.2 Å². The lowest BCUT2D eigenvalue weighted by Gasteiger charge is -2.22. The van der Waals surface area contributed by atoms with Gasteiger partial charge in [-0.05, 0) is 19.3 Å². The van der Waals surface area contributed by atoms with E-state index in [2.05, 4.69) is 28.6 Å². The molecule has 0 aliphatic carbocycles. The monoisotopic (exact) mass is 420 g/mol. The first-order valence-corrected chi connectivity index (χ1v) is 9.24. The van der Waals surface area contributed by atoms with Crippen LogP contribution in [0.4, 0.5) is 0 Å². The van der Waals surface area contributed by atoms with Crippen molar-refractivity contribution in [1.82, 2.24) is 16.0 Å². The van der Waals surface area contributed by atoms with E-state index in [4.69, 9.17) is 15.9 Å². The Morgan fingerprint density at radius 2 is 1.43 bits per heavy atom. The number of rotatable bonds is 12. The Kier molecular flexibility index (Phi) is 11.2. The summed E-state index contributed by atoms with van der Waals surface area (Å²) in [5.74, 6) is -5.16. The molecule has 28 heavy (non-hydrogen) atoms. The van der Waals surface area contributed by atoms with Crippen LogP contribution in [-0.4, -0.2) is 69.8 Å². The van der Waals surface area contributed by atoms with Crippen LogP contribution < -0.4 is 21.7 Å². The number of carbonyl (C=O) groups excluding carboxylic acids is 3. The second-order valence-electron chi connectivity index (χ2n) is 6.71. The van der Waals surface area contributed by atoms with Gasteiger partial charge in [-0.1, -0.05) is 13.8 Å². The molecule has 12 heteroatoms. The van der Waals surface area contributed by atoms with E-state index in [9.17, 15) is 24.0 Å². The summed E-state index contributed by atoms with van der Waals surface area (Å²) in [5, 5.41) is 24.6. The van der Waals surface area contributed by atoms with Crippen molar-refractivity contribution in [2.45, 2.75) is 57.8 Å². The van der Waals surface area contributed by atoms with Crippen molar-refractivity contribution in [3.05, 3.63) is 0 Å². The molecule has 0 bridgehead atoms. The molecule has 11 nitrogen and oxygen atoms in total. The number of hydrogen-bond acceptors (Lipinski definition) is 7. The molecule has 0 spiro atoms. The number of hydrogen-bond donors (Lipinski definition) is 7. The van der Waals surface area contributed by atoms with Crippen molar-refractivity contribution in [3.63, 3.8) is 0 Å². The number of nitrogens with one attached hydrogen (secondary N) is 3. The quantitative estimate of drug-likeness (QED) is 0.182. The standard InChI is InChI=1S/C16H28N4O7S/c1-7(2)4-9(17)14(24)18-8(3)13(23)19-10(5-12(21)22)15(25)20-11(6-28)16(26)27/h7-11,28H,4-6,17H2,1-3H3,(H,18,24)(H,19,23)(H,20,25)(H,21,22)(H,26,27). The average molecular weight is 420 g/mol. The van der Waals surface area contributed by atoms with Gasteiger partial charge in [-0.2, -0.15) is 12.6 Å². The van der Waals surface area contributed by atoms with Crippen LogP contribution in [0.25, 0.3) is 0 Å². The van der Waals surface area contributed by atoms with Crippen LogP contribution in [0.1, 0.15) is 33.6 Å². The molecule has 0 aromatic rings. The molecule has 4 atom stereocenters. The average Bonchev–Trinajstić information content (AvgIpc) is 2.57. The highest BCUT2D eigenvalue weighted by atomic mass is 32.1. The second kappa shape index (κ2) is 12.2. The third-order valence-corrected chi connectivity index (χ3v) is 3.99. The van der Waals surface area contributed by atoms with Crippen LogP contribution in [0.3, 0.4) is 0 Å². The molecule has 0 saturated carbocycles. The molecule has 0 aromatic carbocycles.